The Balaban J connectivity index is 1.43. The van der Waals surface area contributed by atoms with Gasteiger partial charge in [-0.05, 0) is 50.2 Å². The minimum Gasteiger partial charge on any atom is -0.507 e. The highest BCUT2D eigenvalue weighted by Gasteiger charge is 2.29. The number of phenolic OH excluding ortho intramolecular Hbond substituents is 1. The van der Waals surface area contributed by atoms with Crippen LogP contribution < -0.4 is 9.64 Å². The van der Waals surface area contributed by atoms with Crippen molar-refractivity contribution in [2.45, 2.75) is 24.8 Å². The van der Waals surface area contributed by atoms with Gasteiger partial charge in [0.05, 0.1) is 11.0 Å². The fourth-order valence-electron chi connectivity index (χ4n) is 3.58. The van der Waals surface area contributed by atoms with Crippen LogP contribution in [0.2, 0.25) is 0 Å². The number of phenols is 1. The molecule has 9 heteroatoms. The SMILES string of the molecule is CC(C)Oc1ccc(S(=O)(=O)N2CCN(c3ccc(-c4cocn4)c(O)c3)CC2)cc1. The summed E-state index contributed by atoms with van der Waals surface area (Å²) < 4.78 is 38.1. The van der Waals surface area contributed by atoms with Gasteiger partial charge in [0.1, 0.15) is 23.5 Å². The summed E-state index contributed by atoms with van der Waals surface area (Å²) in [6.45, 7) is 5.61. The van der Waals surface area contributed by atoms with Crippen LogP contribution in [0.5, 0.6) is 11.5 Å². The largest absolute Gasteiger partial charge is 0.507 e. The molecule has 31 heavy (non-hydrogen) atoms. The Hall–Kier alpha value is -3.04. The molecule has 0 spiro atoms. The molecule has 2 heterocycles. The van der Waals surface area contributed by atoms with Crippen molar-refractivity contribution in [1.82, 2.24) is 9.29 Å². The highest BCUT2D eigenvalue weighted by Crippen LogP contribution is 2.32. The first kappa shape index (κ1) is 21.2. The maximum atomic E-state index is 13.0. The Morgan fingerprint density at radius 1 is 1.06 bits per heavy atom. The highest BCUT2D eigenvalue weighted by molar-refractivity contribution is 7.89. The molecule has 2 aromatic carbocycles. The third-order valence-corrected chi connectivity index (χ3v) is 7.04. The third-order valence-electron chi connectivity index (χ3n) is 5.13. The molecular formula is C22H25N3O5S. The number of nitrogens with zero attached hydrogens (tertiary/aromatic N) is 3. The number of sulfonamides is 1. The molecule has 0 bridgehead atoms. The molecule has 1 N–H and O–H groups in total. The van der Waals surface area contributed by atoms with Crippen LogP contribution in [0.15, 0.2) is 64.4 Å². The lowest BCUT2D eigenvalue weighted by Crippen LogP contribution is -2.48. The second kappa shape index (κ2) is 8.60. The van der Waals surface area contributed by atoms with Crippen LogP contribution in [0.4, 0.5) is 5.69 Å². The first-order valence-corrected chi connectivity index (χ1v) is 11.5. The zero-order chi connectivity index (χ0) is 22.0. The number of oxazole rings is 1. The standard InChI is InChI=1S/C22H25N3O5S/c1-16(2)30-18-4-6-19(7-5-18)31(27,28)25-11-9-24(10-12-25)17-3-8-20(22(26)13-17)21-14-29-15-23-21/h3-8,13-16,26H,9-12H2,1-2H3. The van der Waals surface area contributed by atoms with Crippen LogP contribution in [0.25, 0.3) is 11.3 Å². The predicted molar refractivity (Wildman–Crippen MR) is 117 cm³/mol. The van der Waals surface area contributed by atoms with Gasteiger partial charge in [-0.15, -0.1) is 0 Å². The molecule has 4 rings (SSSR count). The molecule has 3 aromatic rings. The fraction of sp³-hybridized carbons (Fsp3) is 0.318. The van der Waals surface area contributed by atoms with E-state index in [2.05, 4.69) is 9.88 Å². The van der Waals surface area contributed by atoms with E-state index < -0.39 is 10.0 Å². The van der Waals surface area contributed by atoms with Crippen molar-refractivity contribution < 1.29 is 22.7 Å². The second-order valence-corrected chi connectivity index (χ2v) is 9.54. The number of ether oxygens (including phenoxy) is 1. The number of hydrogen-bond donors (Lipinski definition) is 1. The van der Waals surface area contributed by atoms with E-state index in [1.165, 1.54) is 17.0 Å². The van der Waals surface area contributed by atoms with Crippen LogP contribution in [0, 0.1) is 0 Å². The molecule has 1 aliphatic rings. The fourth-order valence-corrected chi connectivity index (χ4v) is 5.00. The van der Waals surface area contributed by atoms with E-state index in [4.69, 9.17) is 9.15 Å². The average Bonchev–Trinajstić information content (AvgIpc) is 3.28. The van der Waals surface area contributed by atoms with Crippen LogP contribution in [0.3, 0.4) is 0 Å². The normalized spacial score (nSPS) is 15.4. The monoisotopic (exact) mass is 443 g/mol. The molecular weight excluding hydrogens is 418 g/mol. The van der Waals surface area contributed by atoms with E-state index in [-0.39, 0.29) is 16.7 Å². The highest BCUT2D eigenvalue weighted by atomic mass is 32.2. The Bertz CT molecular complexity index is 1120. The lowest BCUT2D eigenvalue weighted by molar-refractivity contribution is 0.242. The number of benzene rings is 2. The van der Waals surface area contributed by atoms with Gasteiger partial charge in [-0.25, -0.2) is 13.4 Å². The van der Waals surface area contributed by atoms with Gasteiger partial charge in [-0.1, -0.05) is 0 Å². The summed E-state index contributed by atoms with van der Waals surface area (Å²) in [6, 6.07) is 11.9. The Kier molecular flexibility index (Phi) is 5.88. The summed E-state index contributed by atoms with van der Waals surface area (Å²) in [5.41, 5.74) is 1.98. The van der Waals surface area contributed by atoms with Gasteiger partial charge in [-0.2, -0.15) is 4.31 Å². The summed E-state index contributed by atoms with van der Waals surface area (Å²) >= 11 is 0. The number of aromatic hydroxyl groups is 1. The number of rotatable bonds is 6. The van der Waals surface area contributed by atoms with Crippen LogP contribution in [-0.4, -0.2) is 55.1 Å². The van der Waals surface area contributed by atoms with E-state index in [0.29, 0.717) is 43.2 Å². The Morgan fingerprint density at radius 3 is 2.35 bits per heavy atom. The topological polar surface area (TPSA) is 96.1 Å². The first-order valence-electron chi connectivity index (χ1n) is 10.1. The van der Waals surface area contributed by atoms with Crippen LogP contribution in [-0.2, 0) is 10.0 Å². The summed E-state index contributed by atoms with van der Waals surface area (Å²) in [6.07, 6.45) is 2.81. The molecule has 164 valence electrons. The van der Waals surface area contributed by atoms with Gasteiger partial charge < -0.3 is 19.2 Å². The van der Waals surface area contributed by atoms with Crippen molar-refractivity contribution in [3.8, 4) is 22.8 Å². The van der Waals surface area contributed by atoms with Crippen molar-refractivity contribution in [1.29, 1.82) is 0 Å². The van der Waals surface area contributed by atoms with Gasteiger partial charge >= 0.3 is 0 Å². The summed E-state index contributed by atoms with van der Waals surface area (Å²) in [4.78, 5) is 6.36. The number of hydrogen-bond acceptors (Lipinski definition) is 7. The lowest BCUT2D eigenvalue weighted by Gasteiger charge is -2.35. The zero-order valence-corrected chi connectivity index (χ0v) is 18.2. The first-order chi connectivity index (χ1) is 14.8. The van der Waals surface area contributed by atoms with Crippen molar-refractivity contribution >= 4 is 15.7 Å². The average molecular weight is 444 g/mol. The summed E-state index contributed by atoms with van der Waals surface area (Å²) in [5.74, 6) is 0.748. The minimum atomic E-state index is -3.57. The van der Waals surface area contributed by atoms with Gasteiger partial charge in [0.15, 0.2) is 6.39 Å². The Labute approximate surface area is 181 Å². The van der Waals surface area contributed by atoms with Gasteiger partial charge in [0, 0.05) is 43.5 Å². The van der Waals surface area contributed by atoms with Crippen molar-refractivity contribution in [2.75, 3.05) is 31.1 Å². The smallest absolute Gasteiger partial charge is 0.243 e. The minimum absolute atomic E-state index is 0.0278. The van der Waals surface area contributed by atoms with E-state index in [0.717, 1.165) is 5.69 Å². The maximum Gasteiger partial charge on any atom is 0.243 e. The second-order valence-electron chi connectivity index (χ2n) is 7.60. The van der Waals surface area contributed by atoms with Crippen molar-refractivity contribution in [2.24, 2.45) is 0 Å². The maximum absolute atomic E-state index is 13.0. The molecule has 1 aromatic heterocycles. The van der Waals surface area contributed by atoms with Crippen LogP contribution in [0.1, 0.15) is 13.8 Å². The van der Waals surface area contributed by atoms with Gasteiger partial charge in [0.2, 0.25) is 10.0 Å². The van der Waals surface area contributed by atoms with E-state index >= 15 is 0 Å². The van der Waals surface area contributed by atoms with Crippen molar-refractivity contribution in [3.63, 3.8) is 0 Å². The van der Waals surface area contributed by atoms with E-state index in [1.54, 1.807) is 36.4 Å². The third kappa shape index (κ3) is 4.52. The number of aromatic nitrogens is 1. The molecule has 1 fully saturated rings. The summed E-state index contributed by atoms with van der Waals surface area (Å²) in [7, 11) is -3.57. The van der Waals surface area contributed by atoms with Crippen LogP contribution >= 0.6 is 0 Å². The molecule has 0 aliphatic carbocycles. The molecule has 0 amide bonds. The van der Waals surface area contributed by atoms with Crippen molar-refractivity contribution in [3.05, 3.63) is 55.1 Å². The molecule has 0 atom stereocenters. The zero-order valence-electron chi connectivity index (χ0n) is 17.4. The Morgan fingerprint density at radius 2 is 1.77 bits per heavy atom. The quantitative estimate of drug-likeness (QED) is 0.624. The number of piperazine rings is 1. The molecule has 0 radical (unpaired) electrons. The molecule has 1 aliphatic heterocycles. The predicted octanol–water partition coefficient (Wildman–Crippen LogP) is 3.35. The van der Waals surface area contributed by atoms with E-state index in [1.807, 2.05) is 19.9 Å². The molecule has 0 saturated carbocycles. The van der Waals surface area contributed by atoms with Gasteiger partial charge in [0.25, 0.3) is 0 Å². The number of anilines is 1. The van der Waals surface area contributed by atoms with Gasteiger partial charge in [-0.3, -0.25) is 0 Å². The van der Waals surface area contributed by atoms with E-state index in [9.17, 15) is 13.5 Å². The molecule has 0 unspecified atom stereocenters. The summed E-state index contributed by atoms with van der Waals surface area (Å²) in [5, 5.41) is 10.4. The lowest BCUT2D eigenvalue weighted by atomic mass is 10.1. The molecule has 1 saturated heterocycles. The molecule has 8 nitrogen and oxygen atoms in total.